The van der Waals surface area contributed by atoms with E-state index in [4.69, 9.17) is 12.2 Å². The number of aromatic nitrogens is 1. The van der Waals surface area contributed by atoms with Crippen molar-refractivity contribution in [3.05, 3.63) is 54.2 Å². The van der Waals surface area contributed by atoms with E-state index in [0.29, 0.717) is 5.11 Å². The van der Waals surface area contributed by atoms with E-state index >= 15 is 0 Å². The zero-order valence-corrected chi connectivity index (χ0v) is 17.1. The van der Waals surface area contributed by atoms with Crippen molar-refractivity contribution in [3.8, 4) is 0 Å². The molecule has 0 amide bonds. The maximum absolute atomic E-state index is 5.39. The van der Waals surface area contributed by atoms with E-state index in [2.05, 4.69) is 70.8 Å². The number of hydrogen-bond acceptors (Lipinski definition) is 3. The Morgan fingerprint density at radius 3 is 2.52 bits per heavy atom. The van der Waals surface area contributed by atoms with E-state index in [0.717, 1.165) is 55.8 Å². The third-order valence-electron chi connectivity index (χ3n) is 4.97. The molecule has 5 heteroatoms. The normalized spacial score (nSPS) is 19.6. The van der Waals surface area contributed by atoms with Gasteiger partial charge in [-0.25, -0.2) is 4.98 Å². The maximum Gasteiger partial charge on any atom is 0.170 e. The first-order chi connectivity index (χ1) is 13.1. The summed E-state index contributed by atoms with van der Waals surface area (Å²) < 4.78 is 0. The van der Waals surface area contributed by atoms with Gasteiger partial charge in [-0.1, -0.05) is 44.2 Å². The van der Waals surface area contributed by atoms with Crippen molar-refractivity contribution in [1.29, 1.82) is 0 Å². The first kappa shape index (κ1) is 19.6. The molecule has 0 spiro atoms. The van der Waals surface area contributed by atoms with Crippen LogP contribution in [0.25, 0.3) is 0 Å². The fourth-order valence-electron chi connectivity index (χ4n) is 3.81. The summed E-state index contributed by atoms with van der Waals surface area (Å²) in [4.78, 5) is 7.03. The van der Waals surface area contributed by atoms with E-state index in [1.807, 2.05) is 12.3 Å². The highest BCUT2D eigenvalue weighted by molar-refractivity contribution is 7.80. The predicted octanol–water partition coefficient (Wildman–Crippen LogP) is 4.48. The number of benzene rings is 1. The Labute approximate surface area is 168 Å². The van der Waals surface area contributed by atoms with Gasteiger partial charge in [-0.3, -0.25) is 0 Å². The Hall–Kier alpha value is -2.14. The summed E-state index contributed by atoms with van der Waals surface area (Å²) in [6, 6.07) is 14.7. The lowest BCUT2D eigenvalue weighted by molar-refractivity contribution is 0.355. The van der Waals surface area contributed by atoms with Crippen LogP contribution in [0.4, 0.5) is 11.5 Å². The van der Waals surface area contributed by atoms with Gasteiger partial charge in [0.1, 0.15) is 5.82 Å². The lowest BCUT2D eigenvalue weighted by Gasteiger charge is -2.35. The summed E-state index contributed by atoms with van der Waals surface area (Å²) >= 11 is 5.39. The second-order valence-electron chi connectivity index (χ2n) is 7.73. The van der Waals surface area contributed by atoms with Crippen LogP contribution in [0.15, 0.2) is 48.7 Å². The van der Waals surface area contributed by atoms with Gasteiger partial charge in [-0.05, 0) is 61.0 Å². The number of nitrogens with zero attached hydrogens (tertiary/aromatic N) is 2. The second kappa shape index (κ2) is 9.70. The summed E-state index contributed by atoms with van der Waals surface area (Å²) in [7, 11) is 0. The largest absolute Gasteiger partial charge is 0.362 e. The second-order valence-corrected chi connectivity index (χ2v) is 8.13. The first-order valence-corrected chi connectivity index (χ1v) is 10.3. The van der Waals surface area contributed by atoms with Crippen LogP contribution < -0.4 is 15.5 Å². The summed E-state index contributed by atoms with van der Waals surface area (Å²) in [6.45, 7) is 7.67. The molecular formula is C22H30N4S. The molecule has 4 nitrogen and oxygen atoms in total. The molecule has 0 radical (unpaired) electrons. The molecule has 0 bridgehead atoms. The van der Waals surface area contributed by atoms with Crippen LogP contribution in [0.2, 0.25) is 0 Å². The van der Waals surface area contributed by atoms with Crippen LogP contribution in [0.5, 0.6) is 0 Å². The molecule has 1 saturated heterocycles. The standard InChI is InChI=1S/C22H30N4S/c1-17-13-18(2)16-26(15-17)21-11-10-20(14-24-21)25-22(27)23-12-6-9-19-7-4-3-5-8-19/h3-5,7-8,10-11,14,17-18H,6,9,12-13,15-16H2,1-2H3,(H2,23,25,27)/t17-,18+. The SMILES string of the molecule is C[C@@H]1C[C@H](C)CN(c2ccc(NC(=S)NCCCc3ccccc3)cn2)C1. The highest BCUT2D eigenvalue weighted by Gasteiger charge is 2.22. The number of hydrogen-bond donors (Lipinski definition) is 2. The van der Waals surface area contributed by atoms with Gasteiger partial charge in [0.2, 0.25) is 0 Å². The smallest absolute Gasteiger partial charge is 0.170 e. The monoisotopic (exact) mass is 382 g/mol. The topological polar surface area (TPSA) is 40.2 Å². The minimum Gasteiger partial charge on any atom is -0.362 e. The highest BCUT2D eigenvalue weighted by atomic mass is 32.1. The number of thiocarbonyl (C=S) groups is 1. The van der Waals surface area contributed by atoms with Crippen LogP contribution in [-0.2, 0) is 6.42 Å². The zero-order valence-electron chi connectivity index (χ0n) is 16.3. The van der Waals surface area contributed by atoms with E-state index < -0.39 is 0 Å². The van der Waals surface area contributed by atoms with Gasteiger partial charge in [0.05, 0.1) is 11.9 Å². The Kier molecular flexibility index (Phi) is 7.04. The van der Waals surface area contributed by atoms with Gasteiger partial charge < -0.3 is 15.5 Å². The lowest BCUT2D eigenvalue weighted by Crippen LogP contribution is -2.39. The summed E-state index contributed by atoms with van der Waals surface area (Å²) in [5.74, 6) is 2.50. The fraction of sp³-hybridized carbons (Fsp3) is 0.455. The average Bonchev–Trinajstić information content (AvgIpc) is 2.66. The third kappa shape index (κ3) is 6.21. The molecule has 1 aromatic heterocycles. The average molecular weight is 383 g/mol. The lowest BCUT2D eigenvalue weighted by atomic mass is 9.92. The Morgan fingerprint density at radius 1 is 1.11 bits per heavy atom. The van der Waals surface area contributed by atoms with Gasteiger partial charge in [0.15, 0.2) is 5.11 Å². The molecule has 1 fully saturated rings. The molecule has 2 atom stereocenters. The predicted molar refractivity (Wildman–Crippen MR) is 118 cm³/mol. The number of piperidine rings is 1. The molecule has 144 valence electrons. The van der Waals surface area contributed by atoms with E-state index in [-0.39, 0.29) is 0 Å². The van der Waals surface area contributed by atoms with Crippen LogP contribution in [0, 0.1) is 11.8 Å². The van der Waals surface area contributed by atoms with E-state index in [1.54, 1.807) is 0 Å². The third-order valence-corrected chi connectivity index (χ3v) is 5.22. The van der Waals surface area contributed by atoms with Crippen molar-refractivity contribution in [2.24, 2.45) is 11.8 Å². The van der Waals surface area contributed by atoms with Crippen molar-refractivity contribution in [2.75, 3.05) is 29.9 Å². The van der Waals surface area contributed by atoms with Gasteiger partial charge in [-0.15, -0.1) is 0 Å². The number of rotatable bonds is 6. The van der Waals surface area contributed by atoms with Crippen molar-refractivity contribution in [1.82, 2.24) is 10.3 Å². The van der Waals surface area contributed by atoms with Crippen molar-refractivity contribution in [2.45, 2.75) is 33.1 Å². The molecule has 0 unspecified atom stereocenters. The fourth-order valence-corrected chi connectivity index (χ4v) is 4.03. The zero-order chi connectivity index (χ0) is 19.1. The van der Waals surface area contributed by atoms with Crippen molar-refractivity contribution < 1.29 is 0 Å². The molecule has 1 aliphatic rings. The molecule has 3 rings (SSSR count). The number of aryl methyl sites for hydroxylation is 1. The Balaban J connectivity index is 1.41. The first-order valence-electron chi connectivity index (χ1n) is 9.90. The number of pyridine rings is 1. The van der Waals surface area contributed by atoms with Crippen LogP contribution in [-0.4, -0.2) is 29.7 Å². The quantitative estimate of drug-likeness (QED) is 0.569. The van der Waals surface area contributed by atoms with Crippen LogP contribution >= 0.6 is 12.2 Å². The summed E-state index contributed by atoms with van der Waals surface area (Å²) in [5, 5.41) is 7.15. The Bertz CT molecular complexity index is 707. The van der Waals surface area contributed by atoms with Crippen LogP contribution in [0.1, 0.15) is 32.3 Å². The summed E-state index contributed by atoms with van der Waals surface area (Å²) in [6.07, 6.45) is 5.28. The number of anilines is 2. The molecule has 1 aliphatic heterocycles. The molecule has 2 aromatic rings. The van der Waals surface area contributed by atoms with E-state index in [1.165, 1.54) is 12.0 Å². The van der Waals surface area contributed by atoms with Gasteiger partial charge >= 0.3 is 0 Å². The summed E-state index contributed by atoms with van der Waals surface area (Å²) in [5.41, 5.74) is 2.29. The minimum absolute atomic E-state index is 0.651. The maximum atomic E-state index is 5.39. The van der Waals surface area contributed by atoms with Crippen molar-refractivity contribution >= 4 is 28.8 Å². The van der Waals surface area contributed by atoms with E-state index in [9.17, 15) is 0 Å². The van der Waals surface area contributed by atoms with Gasteiger partial charge in [0.25, 0.3) is 0 Å². The number of nitrogens with one attached hydrogen (secondary N) is 2. The molecular weight excluding hydrogens is 352 g/mol. The Morgan fingerprint density at radius 2 is 1.85 bits per heavy atom. The molecule has 2 N–H and O–H groups in total. The molecule has 27 heavy (non-hydrogen) atoms. The highest BCUT2D eigenvalue weighted by Crippen LogP contribution is 2.25. The molecule has 2 heterocycles. The minimum atomic E-state index is 0.651. The molecule has 0 saturated carbocycles. The van der Waals surface area contributed by atoms with Crippen molar-refractivity contribution in [3.63, 3.8) is 0 Å². The van der Waals surface area contributed by atoms with Gasteiger partial charge in [0, 0.05) is 19.6 Å². The molecule has 0 aliphatic carbocycles. The molecule has 1 aromatic carbocycles. The van der Waals surface area contributed by atoms with Gasteiger partial charge in [-0.2, -0.15) is 0 Å². The van der Waals surface area contributed by atoms with Crippen LogP contribution in [0.3, 0.4) is 0 Å².